The zero-order chi connectivity index (χ0) is 17.3. The molecule has 0 N–H and O–H groups in total. The average Bonchev–Trinajstić information content (AvgIpc) is 3.22. The van der Waals surface area contributed by atoms with E-state index in [4.69, 9.17) is 4.98 Å². The van der Waals surface area contributed by atoms with Gasteiger partial charge in [0.05, 0.1) is 29.8 Å². The highest BCUT2D eigenvalue weighted by molar-refractivity contribution is 5.82. The van der Waals surface area contributed by atoms with Crippen LogP contribution in [0, 0.1) is 5.41 Å². The van der Waals surface area contributed by atoms with Crippen molar-refractivity contribution < 1.29 is 4.79 Å². The van der Waals surface area contributed by atoms with Gasteiger partial charge in [-0.1, -0.05) is 20.8 Å². The summed E-state index contributed by atoms with van der Waals surface area (Å²) in [6.07, 6.45) is 7.27. The molecule has 6 heteroatoms. The van der Waals surface area contributed by atoms with Crippen LogP contribution < -0.4 is 0 Å². The number of aromatic nitrogens is 4. The lowest BCUT2D eigenvalue weighted by molar-refractivity contribution is -0.140. The zero-order valence-electron chi connectivity index (χ0n) is 14.9. The molecule has 1 amide bonds. The van der Waals surface area contributed by atoms with Gasteiger partial charge in [-0.05, 0) is 25.8 Å². The van der Waals surface area contributed by atoms with Gasteiger partial charge in [0.1, 0.15) is 5.69 Å². The van der Waals surface area contributed by atoms with Gasteiger partial charge in [-0.3, -0.25) is 14.5 Å². The largest absolute Gasteiger partial charge is 0.334 e. The van der Waals surface area contributed by atoms with Crippen LogP contribution in [0.1, 0.15) is 52.3 Å². The van der Waals surface area contributed by atoms with Crippen LogP contribution in [-0.2, 0) is 11.3 Å². The number of likely N-dealkylation sites (tertiary alicyclic amines) is 1. The summed E-state index contributed by atoms with van der Waals surface area (Å²) in [6, 6.07) is 1.96. The molecule has 0 bridgehead atoms. The van der Waals surface area contributed by atoms with Gasteiger partial charge in [-0.2, -0.15) is 5.10 Å². The molecule has 0 aromatic carbocycles. The van der Waals surface area contributed by atoms with E-state index in [2.05, 4.69) is 17.0 Å². The summed E-state index contributed by atoms with van der Waals surface area (Å²) in [7, 11) is 0. The number of rotatable bonds is 3. The van der Waals surface area contributed by atoms with Gasteiger partial charge < -0.3 is 4.90 Å². The number of hydrogen-bond donors (Lipinski definition) is 0. The molecule has 1 aliphatic heterocycles. The first-order chi connectivity index (χ1) is 11.4. The van der Waals surface area contributed by atoms with E-state index < -0.39 is 0 Å². The highest BCUT2D eigenvalue weighted by Gasteiger charge is 2.36. The van der Waals surface area contributed by atoms with Crippen LogP contribution in [0.4, 0.5) is 0 Å². The van der Waals surface area contributed by atoms with Gasteiger partial charge in [-0.15, -0.1) is 0 Å². The molecule has 2 aromatic rings. The third-order valence-corrected chi connectivity index (χ3v) is 4.43. The van der Waals surface area contributed by atoms with Crippen molar-refractivity contribution >= 4 is 5.91 Å². The molecular weight excluding hydrogens is 302 g/mol. The fraction of sp³-hybridized carbons (Fsp3) is 0.556. The Morgan fingerprint density at radius 3 is 2.83 bits per heavy atom. The Morgan fingerprint density at radius 2 is 2.12 bits per heavy atom. The van der Waals surface area contributed by atoms with Crippen LogP contribution in [0.3, 0.4) is 0 Å². The van der Waals surface area contributed by atoms with Crippen molar-refractivity contribution in [3.05, 3.63) is 30.4 Å². The molecule has 1 saturated heterocycles. The van der Waals surface area contributed by atoms with E-state index in [9.17, 15) is 4.79 Å². The summed E-state index contributed by atoms with van der Waals surface area (Å²) >= 11 is 0. The Hall–Kier alpha value is -2.24. The first-order valence-corrected chi connectivity index (χ1v) is 8.57. The lowest BCUT2D eigenvalue weighted by atomic mass is 9.94. The van der Waals surface area contributed by atoms with Crippen LogP contribution >= 0.6 is 0 Å². The standard InChI is InChI=1S/C18H25N5O/c1-5-23-16(8-9-20-23)14-12-19-11-13(21-14)15-7-6-10-22(15)17(24)18(2,3)4/h8-9,11-12,15H,5-7,10H2,1-4H3. The van der Waals surface area contributed by atoms with Crippen molar-refractivity contribution in [2.45, 2.75) is 53.1 Å². The predicted molar refractivity (Wildman–Crippen MR) is 92.1 cm³/mol. The molecule has 1 unspecified atom stereocenters. The van der Waals surface area contributed by atoms with Crippen molar-refractivity contribution in [1.29, 1.82) is 0 Å². The number of hydrogen-bond acceptors (Lipinski definition) is 4. The first-order valence-electron chi connectivity index (χ1n) is 8.57. The minimum atomic E-state index is -0.380. The Kier molecular flexibility index (Phi) is 4.39. The summed E-state index contributed by atoms with van der Waals surface area (Å²) in [5.74, 6) is 0.177. The molecule has 0 radical (unpaired) electrons. The van der Waals surface area contributed by atoms with E-state index in [-0.39, 0.29) is 17.4 Å². The van der Waals surface area contributed by atoms with E-state index in [1.807, 2.05) is 36.4 Å². The molecule has 3 heterocycles. The molecule has 24 heavy (non-hydrogen) atoms. The normalized spacial score (nSPS) is 18.2. The maximum absolute atomic E-state index is 12.7. The molecule has 1 aliphatic rings. The van der Waals surface area contributed by atoms with Crippen LogP contribution in [0.25, 0.3) is 11.4 Å². The van der Waals surface area contributed by atoms with Crippen molar-refractivity contribution in [3.8, 4) is 11.4 Å². The number of carbonyl (C=O) groups excluding carboxylic acids is 1. The highest BCUT2D eigenvalue weighted by Crippen LogP contribution is 2.34. The molecule has 1 atom stereocenters. The van der Waals surface area contributed by atoms with Crippen LogP contribution in [-0.4, -0.2) is 37.1 Å². The molecule has 1 fully saturated rings. The van der Waals surface area contributed by atoms with Gasteiger partial charge in [0.2, 0.25) is 5.91 Å². The molecule has 128 valence electrons. The van der Waals surface area contributed by atoms with Crippen molar-refractivity contribution in [2.75, 3.05) is 6.54 Å². The third-order valence-electron chi connectivity index (χ3n) is 4.43. The summed E-state index contributed by atoms with van der Waals surface area (Å²) in [6.45, 7) is 9.52. The van der Waals surface area contributed by atoms with Gasteiger partial charge in [0, 0.05) is 24.7 Å². The molecule has 0 spiro atoms. The van der Waals surface area contributed by atoms with Crippen LogP contribution in [0.2, 0.25) is 0 Å². The Balaban J connectivity index is 1.92. The van der Waals surface area contributed by atoms with E-state index in [0.717, 1.165) is 43.0 Å². The van der Waals surface area contributed by atoms with Crippen molar-refractivity contribution in [1.82, 2.24) is 24.6 Å². The molecule has 0 saturated carbocycles. The average molecular weight is 327 g/mol. The summed E-state index contributed by atoms with van der Waals surface area (Å²) in [5.41, 5.74) is 2.25. The third kappa shape index (κ3) is 3.05. The second kappa shape index (κ2) is 6.34. The zero-order valence-corrected chi connectivity index (χ0v) is 14.9. The maximum Gasteiger partial charge on any atom is 0.228 e. The van der Waals surface area contributed by atoms with Gasteiger partial charge in [-0.25, -0.2) is 4.98 Å². The topological polar surface area (TPSA) is 63.9 Å². The Morgan fingerprint density at radius 1 is 1.33 bits per heavy atom. The van der Waals surface area contributed by atoms with Gasteiger partial charge >= 0.3 is 0 Å². The monoisotopic (exact) mass is 327 g/mol. The van der Waals surface area contributed by atoms with Crippen molar-refractivity contribution in [2.24, 2.45) is 5.41 Å². The van der Waals surface area contributed by atoms with Gasteiger partial charge in [0.25, 0.3) is 0 Å². The quantitative estimate of drug-likeness (QED) is 0.869. The van der Waals surface area contributed by atoms with Crippen molar-refractivity contribution in [3.63, 3.8) is 0 Å². The summed E-state index contributed by atoms with van der Waals surface area (Å²) in [4.78, 5) is 23.9. The summed E-state index contributed by atoms with van der Waals surface area (Å²) < 4.78 is 1.90. The lowest BCUT2D eigenvalue weighted by Crippen LogP contribution is -2.39. The number of aryl methyl sites for hydroxylation is 1. The van der Waals surface area contributed by atoms with Crippen LogP contribution in [0.15, 0.2) is 24.7 Å². The number of amides is 1. The fourth-order valence-corrected chi connectivity index (χ4v) is 3.22. The Labute approximate surface area is 142 Å². The smallest absolute Gasteiger partial charge is 0.228 e. The molecule has 2 aromatic heterocycles. The van der Waals surface area contributed by atoms with E-state index in [1.54, 1.807) is 18.6 Å². The van der Waals surface area contributed by atoms with Crippen LogP contribution in [0.5, 0.6) is 0 Å². The maximum atomic E-state index is 12.7. The highest BCUT2D eigenvalue weighted by atomic mass is 16.2. The van der Waals surface area contributed by atoms with E-state index in [0.29, 0.717) is 0 Å². The van der Waals surface area contributed by atoms with E-state index >= 15 is 0 Å². The molecule has 0 aliphatic carbocycles. The SMILES string of the molecule is CCn1nccc1-c1cncc(C2CCCN2C(=O)C(C)(C)C)n1. The number of carbonyl (C=O) groups is 1. The van der Waals surface area contributed by atoms with E-state index in [1.165, 1.54) is 0 Å². The molecular formula is C18H25N5O. The Bertz CT molecular complexity index is 731. The minimum Gasteiger partial charge on any atom is -0.334 e. The number of nitrogens with zero attached hydrogens (tertiary/aromatic N) is 5. The predicted octanol–water partition coefficient (Wildman–Crippen LogP) is 3.07. The summed E-state index contributed by atoms with van der Waals surface area (Å²) in [5, 5.41) is 4.30. The minimum absolute atomic E-state index is 0.0159. The second-order valence-electron chi connectivity index (χ2n) is 7.27. The lowest BCUT2D eigenvalue weighted by Gasteiger charge is -2.30. The molecule has 6 nitrogen and oxygen atoms in total. The first kappa shape index (κ1) is 16.6. The fourth-order valence-electron chi connectivity index (χ4n) is 3.22. The molecule has 3 rings (SSSR count). The second-order valence-corrected chi connectivity index (χ2v) is 7.27. The van der Waals surface area contributed by atoms with Gasteiger partial charge in [0.15, 0.2) is 0 Å².